The van der Waals surface area contributed by atoms with Gasteiger partial charge < -0.3 is 10.3 Å². The standard InChI is InChI=1S/C21H24N4O5S/c22-31(29,30)16-10-8-15(9-11-16)12-13-23-19(26)7-3-4-14-25-20(27)17-5-1-2-6-18(17)24-21(25)28/h1-2,5-6,8-11H,3-4,7,12-14H2,(H,23,26)(H,24,28)(H2,22,29,30). The number of benzene rings is 2. The SMILES string of the molecule is NS(=O)(=O)c1ccc(CCNC(=O)CCCCn2c(=O)[nH]c3ccccc3c2=O)cc1. The van der Waals surface area contributed by atoms with Crippen LogP contribution in [0.5, 0.6) is 0 Å². The molecule has 0 aliphatic carbocycles. The zero-order valence-corrected chi connectivity index (χ0v) is 17.7. The number of nitrogens with two attached hydrogens (primary N) is 1. The summed E-state index contributed by atoms with van der Waals surface area (Å²) in [4.78, 5) is 39.3. The van der Waals surface area contributed by atoms with Gasteiger partial charge in [0.1, 0.15) is 0 Å². The number of aromatic amines is 1. The largest absolute Gasteiger partial charge is 0.356 e. The molecular formula is C21H24N4O5S. The molecule has 0 unspecified atom stereocenters. The van der Waals surface area contributed by atoms with Gasteiger partial charge in [-0.15, -0.1) is 0 Å². The first-order chi connectivity index (χ1) is 14.8. The van der Waals surface area contributed by atoms with Crippen LogP contribution in [0.1, 0.15) is 24.8 Å². The lowest BCUT2D eigenvalue weighted by Crippen LogP contribution is -2.35. The highest BCUT2D eigenvalue weighted by Crippen LogP contribution is 2.09. The number of hydrogen-bond acceptors (Lipinski definition) is 5. The van der Waals surface area contributed by atoms with Crippen molar-refractivity contribution in [3.05, 3.63) is 74.9 Å². The topological polar surface area (TPSA) is 144 Å². The Morgan fingerprint density at radius 2 is 1.74 bits per heavy atom. The summed E-state index contributed by atoms with van der Waals surface area (Å²) in [6.07, 6.45) is 1.89. The van der Waals surface area contributed by atoms with Gasteiger partial charge in [0.25, 0.3) is 5.56 Å². The summed E-state index contributed by atoms with van der Waals surface area (Å²) in [5, 5.41) is 8.32. The minimum Gasteiger partial charge on any atom is -0.356 e. The van der Waals surface area contributed by atoms with E-state index >= 15 is 0 Å². The van der Waals surface area contributed by atoms with Gasteiger partial charge in [-0.2, -0.15) is 0 Å². The molecule has 1 aromatic heterocycles. The monoisotopic (exact) mass is 444 g/mol. The Bertz CT molecular complexity index is 1290. The van der Waals surface area contributed by atoms with Crippen LogP contribution in [0, 0.1) is 0 Å². The normalized spacial score (nSPS) is 11.5. The van der Waals surface area contributed by atoms with Crippen molar-refractivity contribution in [2.24, 2.45) is 5.14 Å². The molecule has 2 aromatic carbocycles. The first-order valence-corrected chi connectivity index (χ1v) is 11.4. The number of amides is 1. The highest BCUT2D eigenvalue weighted by atomic mass is 32.2. The van der Waals surface area contributed by atoms with E-state index in [1.54, 1.807) is 36.4 Å². The minimum atomic E-state index is -3.72. The van der Waals surface area contributed by atoms with Crippen LogP contribution in [0.2, 0.25) is 0 Å². The summed E-state index contributed by atoms with van der Waals surface area (Å²) in [7, 11) is -3.72. The van der Waals surface area contributed by atoms with Crippen molar-refractivity contribution < 1.29 is 13.2 Å². The summed E-state index contributed by atoms with van der Waals surface area (Å²) >= 11 is 0. The van der Waals surface area contributed by atoms with Crippen LogP contribution in [-0.2, 0) is 27.8 Å². The number of sulfonamides is 1. The van der Waals surface area contributed by atoms with Crippen LogP contribution < -0.4 is 21.7 Å². The number of H-pyrrole nitrogens is 1. The van der Waals surface area contributed by atoms with Crippen LogP contribution in [0.4, 0.5) is 0 Å². The van der Waals surface area contributed by atoms with Gasteiger partial charge in [-0.1, -0.05) is 24.3 Å². The van der Waals surface area contributed by atoms with E-state index in [1.165, 1.54) is 12.1 Å². The third-order valence-electron chi connectivity index (χ3n) is 4.91. The predicted molar refractivity (Wildman–Crippen MR) is 117 cm³/mol. The molecule has 0 fully saturated rings. The molecule has 0 radical (unpaired) electrons. The van der Waals surface area contributed by atoms with Gasteiger partial charge in [0, 0.05) is 19.5 Å². The van der Waals surface area contributed by atoms with Crippen molar-refractivity contribution in [3.8, 4) is 0 Å². The molecule has 4 N–H and O–H groups in total. The van der Waals surface area contributed by atoms with Crippen LogP contribution in [-0.4, -0.2) is 30.4 Å². The average Bonchev–Trinajstić information content (AvgIpc) is 2.73. The molecule has 1 heterocycles. The van der Waals surface area contributed by atoms with Gasteiger partial charge in [-0.3, -0.25) is 14.2 Å². The van der Waals surface area contributed by atoms with E-state index in [-0.39, 0.29) is 29.3 Å². The van der Waals surface area contributed by atoms with Gasteiger partial charge in [-0.05, 0) is 49.1 Å². The molecule has 10 heteroatoms. The predicted octanol–water partition coefficient (Wildman–Crippen LogP) is 0.866. The van der Waals surface area contributed by atoms with E-state index < -0.39 is 15.7 Å². The number of carbonyl (C=O) groups excluding carboxylic acids is 1. The van der Waals surface area contributed by atoms with Crippen LogP contribution in [0.3, 0.4) is 0 Å². The summed E-state index contributed by atoms with van der Waals surface area (Å²) < 4.78 is 23.6. The van der Waals surface area contributed by atoms with E-state index in [0.717, 1.165) is 10.1 Å². The fourth-order valence-corrected chi connectivity index (χ4v) is 3.75. The van der Waals surface area contributed by atoms with Gasteiger partial charge in [0.2, 0.25) is 15.9 Å². The van der Waals surface area contributed by atoms with Crippen LogP contribution >= 0.6 is 0 Å². The third kappa shape index (κ3) is 5.89. The van der Waals surface area contributed by atoms with Crippen molar-refractivity contribution in [1.29, 1.82) is 0 Å². The van der Waals surface area contributed by atoms with Crippen LogP contribution in [0.15, 0.2) is 63.0 Å². The lowest BCUT2D eigenvalue weighted by atomic mass is 10.1. The number of para-hydroxylation sites is 1. The van der Waals surface area contributed by atoms with Crippen molar-refractivity contribution >= 4 is 26.8 Å². The molecule has 1 amide bonds. The molecular weight excluding hydrogens is 420 g/mol. The van der Waals surface area contributed by atoms with E-state index in [9.17, 15) is 22.8 Å². The number of primary sulfonamides is 1. The molecule has 3 aromatic rings. The zero-order valence-electron chi connectivity index (χ0n) is 16.8. The third-order valence-corrected chi connectivity index (χ3v) is 5.84. The second kappa shape index (κ2) is 9.71. The quantitative estimate of drug-likeness (QED) is 0.419. The number of nitrogens with one attached hydrogen (secondary N) is 2. The maximum Gasteiger partial charge on any atom is 0.328 e. The Kier molecular flexibility index (Phi) is 7.03. The number of carbonyl (C=O) groups is 1. The first-order valence-electron chi connectivity index (χ1n) is 9.86. The number of aromatic nitrogens is 2. The Labute approximate surface area is 179 Å². The highest BCUT2D eigenvalue weighted by Gasteiger charge is 2.09. The Morgan fingerprint density at radius 3 is 2.45 bits per heavy atom. The molecule has 164 valence electrons. The van der Waals surface area contributed by atoms with Gasteiger partial charge in [0.15, 0.2) is 0 Å². The fourth-order valence-electron chi connectivity index (χ4n) is 3.24. The van der Waals surface area contributed by atoms with Crippen molar-refractivity contribution in [3.63, 3.8) is 0 Å². The lowest BCUT2D eigenvalue weighted by molar-refractivity contribution is -0.121. The molecule has 0 aliphatic rings. The molecule has 0 aliphatic heterocycles. The highest BCUT2D eigenvalue weighted by molar-refractivity contribution is 7.89. The van der Waals surface area contributed by atoms with Crippen molar-refractivity contribution in [2.75, 3.05) is 6.54 Å². The summed E-state index contributed by atoms with van der Waals surface area (Å²) in [5.41, 5.74) is 0.592. The Balaban J connectivity index is 1.42. The molecule has 9 nitrogen and oxygen atoms in total. The average molecular weight is 445 g/mol. The van der Waals surface area contributed by atoms with Crippen molar-refractivity contribution in [2.45, 2.75) is 37.1 Å². The van der Waals surface area contributed by atoms with Gasteiger partial charge in [0.05, 0.1) is 15.8 Å². The van der Waals surface area contributed by atoms with E-state index in [4.69, 9.17) is 5.14 Å². The van der Waals surface area contributed by atoms with E-state index in [1.807, 2.05) is 0 Å². The number of nitrogens with zero attached hydrogens (tertiary/aromatic N) is 1. The molecule has 3 rings (SSSR count). The van der Waals surface area contributed by atoms with Crippen molar-refractivity contribution in [1.82, 2.24) is 14.9 Å². The minimum absolute atomic E-state index is 0.0460. The number of rotatable bonds is 9. The number of unbranched alkanes of at least 4 members (excludes halogenated alkanes) is 1. The molecule has 0 saturated carbocycles. The molecule has 0 bridgehead atoms. The van der Waals surface area contributed by atoms with Gasteiger partial charge >= 0.3 is 5.69 Å². The Hall–Kier alpha value is -3.24. The van der Waals surface area contributed by atoms with Gasteiger partial charge in [-0.25, -0.2) is 18.4 Å². The summed E-state index contributed by atoms with van der Waals surface area (Å²) in [6.45, 7) is 0.653. The summed E-state index contributed by atoms with van der Waals surface area (Å²) in [6, 6.07) is 13.0. The van der Waals surface area contributed by atoms with Crippen LogP contribution in [0.25, 0.3) is 10.9 Å². The zero-order chi connectivity index (χ0) is 22.4. The number of hydrogen-bond donors (Lipinski definition) is 3. The Morgan fingerprint density at radius 1 is 1.03 bits per heavy atom. The van der Waals surface area contributed by atoms with E-state index in [2.05, 4.69) is 10.3 Å². The van der Waals surface area contributed by atoms with E-state index in [0.29, 0.717) is 36.7 Å². The fraction of sp³-hybridized carbons (Fsp3) is 0.286. The second-order valence-electron chi connectivity index (χ2n) is 7.18. The smallest absolute Gasteiger partial charge is 0.328 e. The summed E-state index contributed by atoms with van der Waals surface area (Å²) in [5.74, 6) is -0.124. The maximum absolute atomic E-state index is 12.5. The molecule has 0 saturated heterocycles. The number of fused-ring (bicyclic) bond motifs is 1. The lowest BCUT2D eigenvalue weighted by Gasteiger charge is -2.08. The molecule has 31 heavy (non-hydrogen) atoms. The molecule has 0 atom stereocenters. The molecule has 0 spiro atoms. The first kappa shape index (κ1) is 22.4. The maximum atomic E-state index is 12.5. The second-order valence-corrected chi connectivity index (χ2v) is 8.74.